The summed E-state index contributed by atoms with van der Waals surface area (Å²) in [7, 11) is 0. The first-order valence-electron chi connectivity index (χ1n) is 10.6. The molecule has 0 bridgehead atoms. The number of phenolic OH excluding ortho intramolecular Hbond substituents is 1. The minimum absolute atomic E-state index is 0.0759. The van der Waals surface area contributed by atoms with Gasteiger partial charge in [0, 0.05) is 17.8 Å². The predicted octanol–water partition coefficient (Wildman–Crippen LogP) is 4.18. The molecule has 36 heavy (non-hydrogen) atoms. The summed E-state index contributed by atoms with van der Waals surface area (Å²) in [5, 5.41) is 14.0. The number of phenols is 1. The maximum absolute atomic E-state index is 12.9. The molecule has 5 N–H and O–H groups in total. The number of amides is 1. The first-order valence-corrected chi connectivity index (χ1v) is 10.6. The fraction of sp³-hybridized carbons (Fsp3) is 0.0833. The van der Waals surface area contributed by atoms with Crippen LogP contribution in [0, 0.1) is 0 Å². The molecule has 2 aromatic heterocycles. The largest absolute Gasteiger partial charge is 0.508 e. The smallest absolute Gasteiger partial charge is 0.416 e. The fourth-order valence-electron chi connectivity index (χ4n) is 3.87. The molecular weight excluding hydrogens is 475 g/mol. The Hall–Kier alpha value is -4.71. The summed E-state index contributed by atoms with van der Waals surface area (Å²) < 4.78 is 38.8. The molecule has 2 aromatic carbocycles. The van der Waals surface area contributed by atoms with Crippen LogP contribution in [0.5, 0.6) is 5.75 Å². The second-order valence-electron chi connectivity index (χ2n) is 7.92. The molecule has 0 saturated heterocycles. The maximum Gasteiger partial charge on any atom is 0.416 e. The summed E-state index contributed by atoms with van der Waals surface area (Å²) in [5.41, 5.74) is 10.7. The summed E-state index contributed by atoms with van der Waals surface area (Å²) in [6, 6.07) is 14.2. The SMILES string of the molecule is Nc1ncnc2c1C(c1ccc(C(=O)Nc3cc(C(F)(F)F)ccn3)cc1)NN2c1cccc(O)c1. The van der Waals surface area contributed by atoms with Crippen LogP contribution in [0.1, 0.15) is 33.1 Å². The minimum atomic E-state index is -4.55. The van der Waals surface area contributed by atoms with Crippen LogP contribution in [0.3, 0.4) is 0 Å². The Bertz CT molecular complexity index is 1440. The van der Waals surface area contributed by atoms with Crippen molar-refractivity contribution < 1.29 is 23.1 Å². The molecule has 182 valence electrons. The van der Waals surface area contributed by atoms with Gasteiger partial charge in [0.2, 0.25) is 0 Å². The van der Waals surface area contributed by atoms with Crippen LogP contribution in [-0.2, 0) is 6.18 Å². The number of nitrogens with two attached hydrogens (primary N) is 1. The van der Waals surface area contributed by atoms with E-state index in [4.69, 9.17) is 5.73 Å². The number of aromatic nitrogens is 3. The van der Waals surface area contributed by atoms with Gasteiger partial charge in [-0.1, -0.05) is 18.2 Å². The molecule has 4 aromatic rings. The second kappa shape index (κ2) is 8.82. The molecule has 1 unspecified atom stereocenters. The van der Waals surface area contributed by atoms with Gasteiger partial charge in [0.15, 0.2) is 5.82 Å². The first kappa shape index (κ1) is 23.1. The molecule has 5 rings (SSSR count). The number of anilines is 4. The number of carbonyl (C=O) groups is 1. The highest BCUT2D eigenvalue weighted by molar-refractivity contribution is 6.03. The van der Waals surface area contributed by atoms with Gasteiger partial charge in [0.25, 0.3) is 5.91 Å². The van der Waals surface area contributed by atoms with Crippen molar-refractivity contribution >= 4 is 29.0 Å². The summed E-state index contributed by atoms with van der Waals surface area (Å²) in [4.78, 5) is 24.8. The molecule has 0 fully saturated rings. The number of aromatic hydroxyl groups is 1. The van der Waals surface area contributed by atoms with Crippen LogP contribution in [0.25, 0.3) is 0 Å². The van der Waals surface area contributed by atoms with Gasteiger partial charge in [-0.05, 0) is 42.0 Å². The van der Waals surface area contributed by atoms with E-state index in [2.05, 4.69) is 25.7 Å². The first-order chi connectivity index (χ1) is 17.2. The molecule has 3 heterocycles. The monoisotopic (exact) mass is 493 g/mol. The Morgan fingerprint density at radius 3 is 2.56 bits per heavy atom. The average molecular weight is 493 g/mol. The quantitative estimate of drug-likeness (QED) is 0.333. The van der Waals surface area contributed by atoms with E-state index in [9.17, 15) is 23.1 Å². The van der Waals surface area contributed by atoms with Gasteiger partial charge in [0.05, 0.1) is 22.9 Å². The molecule has 9 nitrogen and oxygen atoms in total. The zero-order valence-corrected chi connectivity index (χ0v) is 18.4. The van der Waals surface area contributed by atoms with Crippen molar-refractivity contribution in [3.63, 3.8) is 0 Å². The molecule has 1 aliphatic heterocycles. The van der Waals surface area contributed by atoms with Gasteiger partial charge in [-0.15, -0.1) is 0 Å². The Kier molecular flexibility index (Phi) is 5.65. The van der Waals surface area contributed by atoms with Crippen molar-refractivity contribution in [3.05, 3.63) is 95.4 Å². The highest BCUT2D eigenvalue weighted by Crippen LogP contribution is 2.41. The number of nitrogens with zero attached hydrogens (tertiary/aromatic N) is 4. The number of alkyl halides is 3. The van der Waals surface area contributed by atoms with Crippen molar-refractivity contribution in [1.29, 1.82) is 0 Å². The van der Waals surface area contributed by atoms with Crippen LogP contribution in [0.4, 0.5) is 36.3 Å². The maximum atomic E-state index is 12.9. The van der Waals surface area contributed by atoms with E-state index in [-0.39, 0.29) is 22.9 Å². The lowest BCUT2D eigenvalue weighted by Crippen LogP contribution is -2.30. The summed E-state index contributed by atoms with van der Waals surface area (Å²) in [5.74, 6) is 0.0226. The second-order valence-corrected chi connectivity index (χ2v) is 7.92. The summed E-state index contributed by atoms with van der Waals surface area (Å²) in [6.45, 7) is 0. The topological polar surface area (TPSA) is 129 Å². The molecule has 1 aliphatic rings. The number of hydrazine groups is 1. The Labute approximate surface area is 202 Å². The normalized spacial score (nSPS) is 15.0. The molecule has 1 atom stereocenters. The number of halogens is 3. The third-order valence-corrected chi connectivity index (χ3v) is 5.58. The summed E-state index contributed by atoms with van der Waals surface area (Å²) in [6.07, 6.45) is -2.23. The highest BCUT2D eigenvalue weighted by atomic mass is 19.4. The van der Waals surface area contributed by atoms with Crippen LogP contribution in [0.15, 0.2) is 73.2 Å². The number of fused-ring (bicyclic) bond motifs is 1. The van der Waals surface area contributed by atoms with E-state index < -0.39 is 23.7 Å². The average Bonchev–Trinajstić information content (AvgIpc) is 3.25. The number of benzene rings is 2. The molecule has 1 amide bonds. The van der Waals surface area contributed by atoms with Crippen molar-refractivity contribution in [2.45, 2.75) is 12.2 Å². The van der Waals surface area contributed by atoms with Gasteiger partial charge >= 0.3 is 6.18 Å². The van der Waals surface area contributed by atoms with E-state index in [1.807, 2.05) is 0 Å². The van der Waals surface area contributed by atoms with Gasteiger partial charge in [-0.3, -0.25) is 9.80 Å². The van der Waals surface area contributed by atoms with Gasteiger partial charge in [-0.25, -0.2) is 20.4 Å². The molecular formula is C24H18F3N7O2. The van der Waals surface area contributed by atoms with Crippen molar-refractivity contribution in [2.24, 2.45) is 0 Å². The Balaban J connectivity index is 1.40. The highest BCUT2D eigenvalue weighted by Gasteiger charge is 2.34. The van der Waals surface area contributed by atoms with Gasteiger partial charge in [0.1, 0.15) is 23.7 Å². The summed E-state index contributed by atoms with van der Waals surface area (Å²) >= 11 is 0. The van der Waals surface area contributed by atoms with Crippen molar-refractivity contribution in [3.8, 4) is 5.75 Å². The van der Waals surface area contributed by atoms with Crippen molar-refractivity contribution in [1.82, 2.24) is 20.4 Å². The molecule has 0 spiro atoms. The number of pyridine rings is 1. The van der Waals surface area contributed by atoms with Crippen LogP contribution in [0.2, 0.25) is 0 Å². The van der Waals surface area contributed by atoms with E-state index in [1.54, 1.807) is 41.4 Å². The van der Waals surface area contributed by atoms with Gasteiger partial charge < -0.3 is 16.2 Å². The van der Waals surface area contributed by atoms with Crippen molar-refractivity contribution in [2.75, 3.05) is 16.1 Å². The number of hydrogen-bond acceptors (Lipinski definition) is 8. The van der Waals surface area contributed by atoms with Crippen LogP contribution >= 0.6 is 0 Å². The lowest BCUT2D eigenvalue weighted by Gasteiger charge is -2.20. The number of carbonyl (C=O) groups excluding carboxylic acids is 1. The number of nitrogen functional groups attached to an aromatic ring is 1. The predicted molar refractivity (Wildman–Crippen MR) is 125 cm³/mol. The molecule has 0 saturated carbocycles. The third kappa shape index (κ3) is 4.36. The minimum Gasteiger partial charge on any atom is -0.508 e. The molecule has 0 radical (unpaired) electrons. The Morgan fingerprint density at radius 1 is 1.06 bits per heavy atom. The zero-order chi connectivity index (χ0) is 25.4. The third-order valence-electron chi connectivity index (χ3n) is 5.58. The van der Waals surface area contributed by atoms with E-state index in [0.717, 1.165) is 23.9 Å². The molecule has 12 heteroatoms. The number of hydrogen-bond donors (Lipinski definition) is 4. The number of nitrogens with one attached hydrogen (secondary N) is 2. The van der Waals surface area contributed by atoms with E-state index in [1.165, 1.54) is 18.5 Å². The lowest BCUT2D eigenvalue weighted by molar-refractivity contribution is -0.137. The zero-order valence-electron chi connectivity index (χ0n) is 18.4. The number of rotatable bonds is 4. The fourth-order valence-corrected chi connectivity index (χ4v) is 3.87. The lowest BCUT2D eigenvalue weighted by atomic mass is 10.00. The standard InChI is InChI=1S/C24H18F3N7O2/c25-24(26,27)15-8-9-29-18(10-15)32-23(36)14-6-4-13(5-7-14)20-19-21(28)30-12-31-22(19)34(33-20)16-2-1-3-17(35)11-16/h1-12,20,33,35H,(H2,28,30,31)(H,29,32,36). The van der Waals surface area contributed by atoms with Gasteiger partial charge in [-0.2, -0.15) is 13.2 Å². The van der Waals surface area contributed by atoms with Crippen LogP contribution in [-0.4, -0.2) is 26.0 Å². The van der Waals surface area contributed by atoms with E-state index >= 15 is 0 Å². The van der Waals surface area contributed by atoms with Crippen LogP contribution < -0.4 is 21.5 Å². The Morgan fingerprint density at radius 2 is 1.83 bits per heavy atom. The van der Waals surface area contributed by atoms with E-state index in [0.29, 0.717) is 17.1 Å². The molecule has 0 aliphatic carbocycles.